The normalized spacial score (nSPS) is 5.56. The lowest BCUT2D eigenvalue weighted by molar-refractivity contribution is 0.902. The first-order valence-corrected chi connectivity index (χ1v) is 3.80. The molecule has 0 aromatic carbocycles. The van der Waals surface area contributed by atoms with Gasteiger partial charge in [0.15, 0.2) is 0 Å². The van der Waals surface area contributed by atoms with E-state index in [0.29, 0.717) is 0 Å². The Kier molecular flexibility index (Phi) is 42.4. The minimum absolute atomic E-state index is 0. The van der Waals surface area contributed by atoms with E-state index < -0.39 is 0 Å². The van der Waals surface area contributed by atoms with Crippen molar-refractivity contribution >= 4 is 39.0 Å². The van der Waals surface area contributed by atoms with E-state index in [0.717, 1.165) is 5.33 Å². The van der Waals surface area contributed by atoms with Crippen molar-refractivity contribution in [3.63, 3.8) is 0 Å². The van der Waals surface area contributed by atoms with Gasteiger partial charge in [0.1, 0.15) is 0 Å². The Morgan fingerprint density at radius 3 is 1.78 bits per heavy atom. The van der Waals surface area contributed by atoms with Crippen molar-refractivity contribution < 1.29 is 0 Å². The second kappa shape index (κ2) is 23.3. The molecule has 0 heterocycles. The molecule has 0 aliphatic carbocycles. The molecule has 0 bridgehead atoms. The maximum atomic E-state index is 3.31. The van der Waals surface area contributed by atoms with Crippen molar-refractivity contribution in [2.24, 2.45) is 0 Å². The third-order valence-corrected chi connectivity index (χ3v) is 1.05. The van der Waals surface area contributed by atoms with Gasteiger partial charge in [-0.05, 0) is 6.42 Å². The summed E-state index contributed by atoms with van der Waals surface area (Å²) in [5.74, 6) is 0. The van der Waals surface area contributed by atoms with Crippen LogP contribution in [0.3, 0.4) is 0 Å². The van der Waals surface area contributed by atoms with E-state index in [1.165, 1.54) is 12.8 Å². The highest BCUT2D eigenvalue weighted by molar-refractivity contribution is 9.09. The number of hydrogen-bond donors (Lipinski definition) is 0. The van der Waals surface area contributed by atoms with Gasteiger partial charge in [-0.3, -0.25) is 0 Å². The lowest BCUT2D eigenvalue weighted by Crippen LogP contribution is -1.64. The summed E-state index contributed by atoms with van der Waals surface area (Å²) in [5.41, 5.74) is 2.25. The molecule has 0 saturated carbocycles. The van der Waals surface area contributed by atoms with Gasteiger partial charge < -0.3 is 0 Å². The van der Waals surface area contributed by atoms with Crippen molar-refractivity contribution in [3.05, 3.63) is 18.9 Å². The maximum absolute atomic E-state index is 3.31. The van der Waals surface area contributed by atoms with E-state index in [4.69, 9.17) is 0 Å². The standard InChI is InChI=1S/C4H9Br.C3H4.Mg.2H/c1-2-3-4-5;1-3-2;;;/h2-4H2,1H3;1-2H2;;;. The van der Waals surface area contributed by atoms with E-state index in [2.05, 4.69) is 41.7 Å². The van der Waals surface area contributed by atoms with E-state index in [1.54, 1.807) is 0 Å². The number of hydrogen-bond acceptors (Lipinski definition) is 0. The van der Waals surface area contributed by atoms with E-state index in [9.17, 15) is 0 Å². The first-order chi connectivity index (χ1) is 3.83. The molecule has 0 nitrogen and oxygen atoms in total. The molecule has 2 heteroatoms. The van der Waals surface area contributed by atoms with E-state index in [-0.39, 0.29) is 23.1 Å². The fraction of sp³-hybridized carbons (Fsp3) is 0.571. The van der Waals surface area contributed by atoms with Crippen LogP contribution in [0.25, 0.3) is 0 Å². The van der Waals surface area contributed by atoms with Crippen molar-refractivity contribution in [3.8, 4) is 0 Å². The number of rotatable bonds is 2. The molecular weight excluding hydrogens is 188 g/mol. The molecule has 0 N–H and O–H groups in total. The minimum Gasteiger partial charge on any atom is -0.137 e. The van der Waals surface area contributed by atoms with Crippen molar-refractivity contribution in [2.45, 2.75) is 19.8 Å². The van der Waals surface area contributed by atoms with Crippen LogP contribution in [0.4, 0.5) is 0 Å². The van der Waals surface area contributed by atoms with Crippen LogP contribution >= 0.6 is 15.9 Å². The Bertz CT molecular complexity index is 53.9. The molecule has 0 saturated heterocycles. The van der Waals surface area contributed by atoms with Gasteiger partial charge in [-0.25, -0.2) is 0 Å². The number of halogens is 1. The molecule has 0 atom stereocenters. The first kappa shape index (κ1) is 16.4. The van der Waals surface area contributed by atoms with Crippen LogP contribution in [0, 0.1) is 0 Å². The SMILES string of the molecule is C=C=C.CCCCBr.[MgH2]. The van der Waals surface area contributed by atoms with Gasteiger partial charge in [-0.15, -0.1) is 5.73 Å². The van der Waals surface area contributed by atoms with Gasteiger partial charge in [0.2, 0.25) is 0 Å². The van der Waals surface area contributed by atoms with Crippen LogP contribution in [0.2, 0.25) is 0 Å². The van der Waals surface area contributed by atoms with Crippen LogP contribution in [0.15, 0.2) is 18.9 Å². The fourth-order valence-electron chi connectivity index (χ4n) is 0.134. The highest BCUT2D eigenvalue weighted by atomic mass is 79.9. The molecule has 0 fully saturated rings. The topological polar surface area (TPSA) is 0 Å². The molecular formula is C7H15BrMg. The molecule has 0 rings (SSSR count). The number of alkyl halides is 1. The Morgan fingerprint density at radius 2 is 1.78 bits per heavy atom. The lowest BCUT2D eigenvalue weighted by Gasteiger charge is -1.77. The highest BCUT2D eigenvalue weighted by Crippen LogP contribution is 1.89. The summed E-state index contributed by atoms with van der Waals surface area (Å²) in [6.45, 7) is 8.43. The summed E-state index contributed by atoms with van der Waals surface area (Å²) in [5, 5.41) is 1.16. The molecule has 0 aliphatic heterocycles. The van der Waals surface area contributed by atoms with Gasteiger partial charge in [0, 0.05) is 5.33 Å². The van der Waals surface area contributed by atoms with E-state index in [1.807, 2.05) is 0 Å². The van der Waals surface area contributed by atoms with Gasteiger partial charge in [-0.2, -0.15) is 0 Å². The maximum Gasteiger partial charge on any atom is 0.316 e. The molecule has 52 valence electrons. The quantitative estimate of drug-likeness (QED) is 0.367. The molecule has 0 aromatic rings. The van der Waals surface area contributed by atoms with E-state index >= 15 is 0 Å². The lowest BCUT2D eigenvalue weighted by atomic mass is 10.4. The number of unbranched alkanes of at least 4 members (excludes halogenated alkanes) is 1. The van der Waals surface area contributed by atoms with Gasteiger partial charge in [0.25, 0.3) is 0 Å². The molecule has 9 heavy (non-hydrogen) atoms. The summed E-state index contributed by atoms with van der Waals surface area (Å²) in [6.07, 6.45) is 2.60. The molecule has 0 amide bonds. The van der Waals surface area contributed by atoms with Crippen LogP contribution in [-0.2, 0) is 0 Å². The zero-order chi connectivity index (χ0) is 6.83. The minimum atomic E-state index is 0. The molecule has 0 aromatic heterocycles. The average Bonchev–Trinajstić information content (AvgIpc) is 1.71. The van der Waals surface area contributed by atoms with Gasteiger partial charge >= 0.3 is 23.1 Å². The Hall–Kier alpha value is 0.766. The average molecular weight is 203 g/mol. The largest absolute Gasteiger partial charge is 0.316 e. The van der Waals surface area contributed by atoms with Crippen LogP contribution in [0.5, 0.6) is 0 Å². The van der Waals surface area contributed by atoms with Gasteiger partial charge in [0.05, 0.1) is 0 Å². The molecule has 0 aliphatic rings. The third-order valence-electron chi connectivity index (χ3n) is 0.487. The third kappa shape index (κ3) is 52.4. The zero-order valence-corrected chi connectivity index (χ0v) is 7.00. The first-order valence-electron chi connectivity index (χ1n) is 2.68. The zero-order valence-electron chi connectivity index (χ0n) is 5.41. The second-order valence-corrected chi connectivity index (χ2v) is 2.09. The predicted molar refractivity (Wildman–Crippen MR) is 52.0 cm³/mol. The van der Waals surface area contributed by atoms with Crippen molar-refractivity contribution in [2.75, 3.05) is 5.33 Å². The Morgan fingerprint density at radius 1 is 1.44 bits per heavy atom. The summed E-state index contributed by atoms with van der Waals surface area (Å²) in [7, 11) is 0. The van der Waals surface area contributed by atoms with Crippen LogP contribution < -0.4 is 0 Å². The van der Waals surface area contributed by atoms with Crippen molar-refractivity contribution in [1.29, 1.82) is 0 Å². The van der Waals surface area contributed by atoms with Crippen LogP contribution in [0.1, 0.15) is 19.8 Å². The summed E-state index contributed by atoms with van der Waals surface area (Å²) < 4.78 is 0. The summed E-state index contributed by atoms with van der Waals surface area (Å²) in [4.78, 5) is 0. The Labute approximate surface area is 82.7 Å². The Balaban J connectivity index is -0.0000000800. The highest BCUT2D eigenvalue weighted by Gasteiger charge is 1.69. The van der Waals surface area contributed by atoms with Crippen molar-refractivity contribution in [1.82, 2.24) is 0 Å². The monoisotopic (exact) mass is 202 g/mol. The molecule has 0 spiro atoms. The molecule has 0 unspecified atom stereocenters. The molecule has 0 radical (unpaired) electrons. The second-order valence-electron chi connectivity index (χ2n) is 1.29. The summed E-state index contributed by atoms with van der Waals surface area (Å²) in [6, 6.07) is 0. The summed E-state index contributed by atoms with van der Waals surface area (Å²) >= 11 is 3.31. The predicted octanol–water partition coefficient (Wildman–Crippen LogP) is 2.22. The smallest absolute Gasteiger partial charge is 0.137 e. The van der Waals surface area contributed by atoms with Crippen LogP contribution in [-0.4, -0.2) is 28.4 Å². The van der Waals surface area contributed by atoms with Gasteiger partial charge in [-0.1, -0.05) is 42.4 Å². The fourth-order valence-corrected chi connectivity index (χ4v) is 0.694.